The van der Waals surface area contributed by atoms with Gasteiger partial charge in [-0.15, -0.1) is 0 Å². The largest absolute Gasteiger partial charge is 0.495 e. The van der Waals surface area contributed by atoms with Gasteiger partial charge >= 0.3 is 0 Å². The topological polar surface area (TPSA) is 44.8 Å². The lowest BCUT2D eigenvalue weighted by Gasteiger charge is -2.33. The predicted octanol–water partition coefficient (Wildman–Crippen LogP) is 3.39. The van der Waals surface area contributed by atoms with Crippen LogP contribution in [0.2, 0.25) is 0 Å². The normalized spacial score (nSPS) is 16.0. The molecule has 5 heteroatoms. The van der Waals surface area contributed by atoms with Crippen LogP contribution in [0, 0.1) is 12.8 Å². The molecule has 0 unspecified atom stereocenters. The standard InChI is InChI=1S/C21H35N3O2/c1-5-6-11-23(3)15-18-9-12-24(13-10-18)16-21(25)22-19-14-17(2)7-8-20(19)26-4/h7-8,14,18H,5-6,9-13,15-16H2,1-4H3,(H,22,25). The quantitative estimate of drug-likeness (QED) is 0.732. The third-order valence-corrected chi connectivity index (χ3v) is 5.17. The number of likely N-dealkylation sites (tertiary alicyclic amines) is 1. The second-order valence-corrected chi connectivity index (χ2v) is 7.59. The van der Waals surface area contributed by atoms with Crippen LogP contribution in [-0.4, -0.2) is 62.6 Å². The molecule has 2 rings (SSSR count). The number of carbonyl (C=O) groups is 1. The third kappa shape index (κ3) is 6.61. The first-order valence-corrected chi connectivity index (χ1v) is 9.87. The van der Waals surface area contributed by atoms with E-state index in [-0.39, 0.29) is 5.91 Å². The Balaban J connectivity index is 1.75. The minimum atomic E-state index is 0.0346. The zero-order valence-electron chi connectivity index (χ0n) is 16.9. The van der Waals surface area contributed by atoms with Crippen molar-refractivity contribution in [3.8, 4) is 5.75 Å². The summed E-state index contributed by atoms with van der Waals surface area (Å²) < 4.78 is 5.34. The smallest absolute Gasteiger partial charge is 0.238 e. The van der Waals surface area contributed by atoms with Gasteiger partial charge in [0, 0.05) is 6.54 Å². The van der Waals surface area contributed by atoms with Gasteiger partial charge in [-0.2, -0.15) is 0 Å². The van der Waals surface area contributed by atoms with Gasteiger partial charge in [-0.3, -0.25) is 9.69 Å². The fraction of sp³-hybridized carbons (Fsp3) is 0.667. The molecule has 146 valence electrons. The van der Waals surface area contributed by atoms with E-state index in [1.165, 1.54) is 38.8 Å². The van der Waals surface area contributed by atoms with Crippen LogP contribution in [0.4, 0.5) is 5.69 Å². The fourth-order valence-electron chi connectivity index (χ4n) is 3.60. The molecule has 0 bridgehead atoms. The Kier molecular flexibility index (Phi) is 8.39. The van der Waals surface area contributed by atoms with Gasteiger partial charge < -0.3 is 15.0 Å². The van der Waals surface area contributed by atoms with Gasteiger partial charge in [0.25, 0.3) is 0 Å². The van der Waals surface area contributed by atoms with Crippen molar-refractivity contribution in [3.05, 3.63) is 23.8 Å². The monoisotopic (exact) mass is 361 g/mol. The van der Waals surface area contributed by atoms with Crippen molar-refractivity contribution < 1.29 is 9.53 Å². The van der Waals surface area contributed by atoms with E-state index in [0.717, 1.165) is 30.3 Å². The number of aryl methyl sites for hydroxylation is 1. The van der Waals surface area contributed by atoms with Crippen molar-refractivity contribution in [1.29, 1.82) is 0 Å². The molecule has 0 radical (unpaired) electrons. The molecule has 1 saturated heterocycles. The van der Waals surface area contributed by atoms with Crippen LogP contribution in [0.3, 0.4) is 0 Å². The summed E-state index contributed by atoms with van der Waals surface area (Å²) in [5.74, 6) is 1.50. The van der Waals surface area contributed by atoms with Crippen LogP contribution < -0.4 is 10.1 Å². The Hall–Kier alpha value is -1.59. The molecule has 1 aliphatic rings. The molecule has 0 spiro atoms. The number of nitrogens with one attached hydrogen (secondary N) is 1. The SMILES string of the molecule is CCCCN(C)CC1CCN(CC(=O)Nc2cc(C)ccc2OC)CC1. The van der Waals surface area contributed by atoms with Gasteiger partial charge in [0.15, 0.2) is 0 Å². The lowest BCUT2D eigenvalue weighted by Crippen LogP contribution is -2.41. The summed E-state index contributed by atoms with van der Waals surface area (Å²) in [6.45, 7) is 9.09. The first-order valence-electron chi connectivity index (χ1n) is 9.87. The molecule has 0 saturated carbocycles. The zero-order valence-corrected chi connectivity index (χ0v) is 16.9. The third-order valence-electron chi connectivity index (χ3n) is 5.17. The highest BCUT2D eigenvalue weighted by molar-refractivity contribution is 5.93. The molecular weight excluding hydrogens is 326 g/mol. The summed E-state index contributed by atoms with van der Waals surface area (Å²) in [5, 5.41) is 3.00. The summed E-state index contributed by atoms with van der Waals surface area (Å²) >= 11 is 0. The summed E-state index contributed by atoms with van der Waals surface area (Å²) in [6, 6.07) is 5.83. The maximum Gasteiger partial charge on any atom is 0.238 e. The van der Waals surface area contributed by atoms with E-state index in [1.54, 1.807) is 7.11 Å². The van der Waals surface area contributed by atoms with Crippen LogP contribution in [0.5, 0.6) is 5.75 Å². The predicted molar refractivity (Wildman–Crippen MR) is 108 cm³/mol. The van der Waals surface area contributed by atoms with Gasteiger partial charge in [0.2, 0.25) is 5.91 Å². The van der Waals surface area contributed by atoms with Gasteiger partial charge in [0.1, 0.15) is 5.75 Å². The van der Waals surface area contributed by atoms with Gasteiger partial charge in [0.05, 0.1) is 19.3 Å². The Morgan fingerprint density at radius 2 is 2.08 bits per heavy atom. The van der Waals surface area contributed by atoms with E-state index in [2.05, 4.69) is 29.1 Å². The highest BCUT2D eigenvalue weighted by Gasteiger charge is 2.22. The number of nitrogens with zero attached hydrogens (tertiary/aromatic N) is 2. The lowest BCUT2D eigenvalue weighted by atomic mass is 9.96. The highest BCUT2D eigenvalue weighted by atomic mass is 16.5. The first kappa shape index (κ1) is 20.7. The van der Waals surface area contributed by atoms with Crippen molar-refractivity contribution in [3.63, 3.8) is 0 Å². The zero-order chi connectivity index (χ0) is 18.9. The number of hydrogen-bond acceptors (Lipinski definition) is 4. The molecule has 26 heavy (non-hydrogen) atoms. The molecule has 1 fully saturated rings. The highest BCUT2D eigenvalue weighted by Crippen LogP contribution is 2.25. The number of piperidine rings is 1. The van der Waals surface area contributed by atoms with Crippen molar-refractivity contribution in [2.45, 2.75) is 39.5 Å². The lowest BCUT2D eigenvalue weighted by molar-refractivity contribution is -0.117. The van der Waals surface area contributed by atoms with E-state index in [0.29, 0.717) is 12.3 Å². The number of ether oxygens (including phenoxy) is 1. The minimum absolute atomic E-state index is 0.0346. The van der Waals surface area contributed by atoms with E-state index < -0.39 is 0 Å². The van der Waals surface area contributed by atoms with Crippen LogP contribution in [0.1, 0.15) is 38.2 Å². The molecule has 0 aromatic heterocycles. The van der Waals surface area contributed by atoms with Crippen LogP contribution in [0.15, 0.2) is 18.2 Å². The van der Waals surface area contributed by atoms with Crippen molar-refractivity contribution >= 4 is 11.6 Å². The Labute approximate surface area is 158 Å². The molecular formula is C21H35N3O2. The van der Waals surface area contributed by atoms with E-state index in [4.69, 9.17) is 4.74 Å². The van der Waals surface area contributed by atoms with Crippen molar-refractivity contribution in [1.82, 2.24) is 9.80 Å². The summed E-state index contributed by atoms with van der Waals surface area (Å²) in [7, 11) is 3.85. The number of carbonyl (C=O) groups excluding carboxylic acids is 1. The number of amides is 1. The Morgan fingerprint density at radius 3 is 2.73 bits per heavy atom. The maximum atomic E-state index is 12.4. The Morgan fingerprint density at radius 1 is 1.35 bits per heavy atom. The number of methoxy groups -OCH3 is 1. The molecule has 0 aliphatic carbocycles. The van der Waals surface area contributed by atoms with E-state index >= 15 is 0 Å². The molecule has 1 aliphatic heterocycles. The summed E-state index contributed by atoms with van der Waals surface area (Å²) in [4.78, 5) is 17.1. The van der Waals surface area contributed by atoms with E-state index in [1.807, 2.05) is 25.1 Å². The average Bonchev–Trinajstić information content (AvgIpc) is 2.62. The number of hydrogen-bond donors (Lipinski definition) is 1. The van der Waals surface area contributed by atoms with Crippen LogP contribution in [0.25, 0.3) is 0 Å². The molecule has 1 aromatic carbocycles. The minimum Gasteiger partial charge on any atom is -0.495 e. The molecule has 5 nitrogen and oxygen atoms in total. The molecule has 1 heterocycles. The molecule has 1 aromatic rings. The van der Waals surface area contributed by atoms with Gasteiger partial charge in [-0.05, 0) is 76.5 Å². The summed E-state index contributed by atoms with van der Waals surface area (Å²) in [5.41, 5.74) is 1.86. The van der Waals surface area contributed by atoms with Gasteiger partial charge in [-0.1, -0.05) is 19.4 Å². The molecule has 0 atom stereocenters. The number of benzene rings is 1. The van der Waals surface area contributed by atoms with Crippen LogP contribution in [-0.2, 0) is 4.79 Å². The van der Waals surface area contributed by atoms with Crippen molar-refractivity contribution in [2.75, 3.05) is 52.2 Å². The molecule has 1 amide bonds. The molecule has 1 N–H and O–H groups in total. The number of anilines is 1. The Bertz CT molecular complexity index is 568. The second kappa shape index (κ2) is 10.5. The van der Waals surface area contributed by atoms with Crippen molar-refractivity contribution in [2.24, 2.45) is 5.92 Å². The average molecular weight is 362 g/mol. The van der Waals surface area contributed by atoms with Gasteiger partial charge in [-0.25, -0.2) is 0 Å². The fourth-order valence-corrected chi connectivity index (χ4v) is 3.60. The first-order chi connectivity index (χ1) is 12.5. The number of rotatable bonds is 9. The maximum absolute atomic E-state index is 12.4. The number of unbranched alkanes of at least 4 members (excludes halogenated alkanes) is 1. The van der Waals surface area contributed by atoms with Crippen LogP contribution >= 0.6 is 0 Å². The van der Waals surface area contributed by atoms with E-state index in [9.17, 15) is 4.79 Å². The second-order valence-electron chi connectivity index (χ2n) is 7.59. The summed E-state index contributed by atoms with van der Waals surface area (Å²) in [6.07, 6.45) is 4.89.